The molecule has 1 aromatic heterocycles. The van der Waals surface area contributed by atoms with E-state index in [2.05, 4.69) is 10.3 Å². The predicted octanol–water partition coefficient (Wildman–Crippen LogP) is 2.10. The van der Waals surface area contributed by atoms with Gasteiger partial charge in [0.15, 0.2) is 0 Å². The van der Waals surface area contributed by atoms with Crippen LogP contribution >= 0.6 is 11.6 Å². The van der Waals surface area contributed by atoms with Gasteiger partial charge in [-0.1, -0.05) is 16.8 Å². The molecule has 0 N–H and O–H groups in total. The average Bonchev–Trinajstić information content (AvgIpc) is 2.79. The van der Waals surface area contributed by atoms with Crippen LogP contribution in [0.25, 0.3) is 5.69 Å². The van der Waals surface area contributed by atoms with Crippen molar-refractivity contribution in [2.75, 3.05) is 6.26 Å². The van der Waals surface area contributed by atoms with E-state index < -0.39 is 22.0 Å². The van der Waals surface area contributed by atoms with Gasteiger partial charge in [-0.3, -0.25) is 4.18 Å². The Balaban J connectivity index is 2.31. The second-order valence-electron chi connectivity index (χ2n) is 4.13. The number of aromatic nitrogens is 3. The Labute approximate surface area is 120 Å². The Morgan fingerprint density at radius 1 is 1.45 bits per heavy atom. The van der Waals surface area contributed by atoms with E-state index >= 15 is 0 Å². The van der Waals surface area contributed by atoms with Gasteiger partial charge in [0.05, 0.1) is 12.5 Å². The molecule has 2 rings (SSSR count). The maximum atomic E-state index is 13.7. The minimum Gasteiger partial charge on any atom is -0.261 e. The standard InChI is InChI=1S/C11H11ClFN3O3S/c1-7(19-20(2,17)18)10-6-16(15-14-10)11-5-8(12)3-4-9(11)13/h3-7H,1-2H3. The van der Waals surface area contributed by atoms with Crippen molar-refractivity contribution in [1.29, 1.82) is 0 Å². The number of halogens is 2. The normalized spacial score (nSPS) is 13.4. The molecule has 0 fully saturated rings. The minimum atomic E-state index is -3.61. The average molecular weight is 320 g/mol. The largest absolute Gasteiger partial charge is 0.265 e. The SMILES string of the molecule is CC(OS(C)(=O)=O)c1cn(-c2cc(Cl)ccc2F)nn1. The van der Waals surface area contributed by atoms with Gasteiger partial charge in [-0.25, -0.2) is 9.07 Å². The van der Waals surface area contributed by atoms with Crippen LogP contribution in [0.3, 0.4) is 0 Å². The van der Waals surface area contributed by atoms with Crippen LogP contribution in [0.15, 0.2) is 24.4 Å². The summed E-state index contributed by atoms with van der Waals surface area (Å²) >= 11 is 5.79. The molecule has 1 aromatic carbocycles. The summed E-state index contributed by atoms with van der Waals surface area (Å²) in [7, 11) is -3.61. The van der Waals surface area contributed by atoms with Crippen LogP contribution in [0.4, 0.5) is 4.39 Å². The number of nitrogens with zero attached hydrogens (tertiary/aromatic N) is 3. The number of hydrogen-bond donors (Lipinski definition) is 0. The fraction of sp³-hybridized carbons (Fsp3) is 0.273. The van der Waals surface area contributed by atoms with Crippen molar-refractivity contribution in [2.24, 2.45) is 0 Å². The summed E-state index contributed by atoms with van der Waals surface area (Å²) in [6.07, 6.45) is 1.50. The highest BCUT2D eigenvalue weighted by Crippen LogP contribution is 2.21. The zero-order valence-electron chi connectivity index (χ0n) is 10.6. The molecule has 1 atom stereocenters. The van der Waals surface area contributed by atoms with Gasteiger partial charge in [0, 0.05) is 5.02 Å². The van der Waals surface area contributed by atoms with Crippen molar-refractivity contribution in [2.45, 2.75) is 13.0 Å². The van der Waals surface area contributed by atoms with E-state index in [4.69, 9.17) is 15.8 Å². The highest BCUT2D eigenvalue weighted by Gasteiger charge is 2.17. The Kier molecular flexibility index (Phi) is 4.07. The Bertz CT molecular complexity index is 732. The molecule has 0 saturated heterocycles. The summed E-state index contributed by atoms with van der Waals surface area (Å²) in [6, 6.07) is 4.00. The van der Waals surface area contributed by atoms with Crippen LogP contribution in [0, 0.1) is 5.82 Å². The molecule has 0 saturated carbocycles. The fourth-order valence-corrected chi connectivity index (χ4v) is 2.34. The van der Waals surface area contributed by atoms with E-state index in [0.29, 0.717) is 5.02 Å². The van der Waals surface area contributed by atoms with Crippen molar-refractivity contribution < 1.29 is 17.0 Å². The summed E-state index contributed by atoms with van der Waals surface area (Å²) in [5, 5.41) is 7.84. The van der Waals surface area contributed by atoms with E-state index in [9.17, 15) is 12.8 Å². The first-order valence-corrected chi connectivity index (χ1v) is 7.71. The molecule has 0 aliphatic rings. The molecule has 1 unspecified atom stereocenters. The van der Waals surface area contributed by atoms with Gasteiger partial charge in [-0.15, -0.1) is 5.10 Å². The first-order chi connectivity index (χ1) is 9.26. The minimum absolute atomic E-state index is 0.114. The highest BCUT2D eigenvalue weighted by molar-refractivity contribution is 7.86. The van der Waals surface area contributed by atoms with Gasteiger partial charge >= 0.3 is 0 Å². The van der Waals surface area contributed by atoms with Crippen molar-refractivity contribution in [3.63, 3.8) is 0 Å². The van der Waals surface area contributed by atoms with Gasteiger partial charge in [-0.2, -0.15) is 8.42 Å². The van der Waals surface area contributed by atoms with Gasteiger partial charge in [0.1, 0.15) is 23.3 Å². The van der Waals surface area contributed by atoms with E-state index in [1.165, 1.54) is 36.0 Å². The predicted molar refractivity (Wildman–Crippen MR) is 70.7 cm³/mol. The van der Waals surface area contributed by atoms with Crippen molar-refractivity contribution in [3.8, 4) is 5.69 Å². The molecule has 1 heterocycles. The number of rotatable bonds is 4. The summed E-state index contributed by atoms with van der Waals surface area (Å²) in [6.45, 7) is 1.50. The van der Waals surface area contributed by atoms with Crippen molar-refractivity contribution in [1.82, 2.24) is 15.0 Å². The van der Waals surface area contributed by atoms with Gasteiger partial charge in [0.25, 0.3) is 10.1 Å². The van der Waals surface area contributed by atoms with Gasteiger partial charge < -0.3 is 0 Å². The molecule has 0 bridgehead atoms. The molecule has 0 aliphatic carbocycles. The van der Waals surface area contributed by atoms with Crippen molar-refractivity contribution >= 4 is 21.7 Å². The lowest BCUT2D eigenvalue weighted by atomic mass is 10.3. The lowest BCUT2D eigenvalue weighted by molar-refractivity contribution is 0.231. The third-order valence-corrected chi connectivity index (χ3v) is 3.28. The topological polar surface area (TPSA) is 74.1 Å². The second kappa shape index (κ2) is 5.47. The molecule has 20 heavy (non-hydrogen) atoms. The molecule has 0 spiro atoms. The second-order valence-corrected chi connectivity index (χ2v) is 6.16. The zero-order chi connectivity index (χ0) is 14.9. The first kappa shape index (κ1) is 14.9. The van der Waals surface area contributed by atoms with E-state index in [0.717, 1.165) is 6.26 Å². The molecule has 6 nitrogen and oxygen atoms in total. The molecule has 0 radical (unpaired) electrons. The summed E-state index contributed by atoms with van der Waals surface area (Å²) in [5.74, 6) is -0.525. The molecular weight excluding hydrogens is 309 g/mol. The fourth-order valence-electron chi connectivity index (χ4n) is 1.55. The van der Waals surface area contributed by atoms with Crippen LogP contribution in [0.5, 0.6) is 0 Å². The van der Waals surface area contributed by atoms with Gasteiger partial charge in [0.2, 0.25) is 0 Å². The highest BCUT2D eigenvalue weighted by atomic mass is 35.5. The lowest BCUT2D eigenvalue weighted by Crippen LogP contribution is -2.07. The van der Waals surface area contributed by atoms with Crippen molar-refractivity contribution in [3.05, 3.63) is 40.9 Å². The maximum absolute atomic E-state index is 13.7. The first-order valence-electron chi connectivity index (χ1n) is 5.52. The van der Waals surface area contributed by atoms with Crippen LogP contribution in [0.2, 0.25) is 5.02 Å². The monoisotopic (exact) mass is 319 g/mol. The zero-order valence-corrected chi connectivity index (χ0v) is 12.2. The van der Waals surface area contributed by atoms with E-state index in [1.54, 1.807) is 0 Å². The third-order valence-electron chi connectivity index (χ3n) is 2.40. The molecule has 0 amide bonds. The Morgan fingerprint density at radius 3 is 2.80 bits per heavy atom. The molecule has 108 valence electrons. The molecule has 9 heteroatoms. The number of hydrogen-bond acceptors (Lipinski definition) is 5. The maximum Gasteiger partial charge on any atom is 0.265 e. The van der Waals surface area contributed by atoms with E-state index in [1.807, 2.05) is 0 Å². The quantitative estimate of drug-likeness (QED) is 0.807. The van der Waals surface area contributed by atoms with Gasteiger partial charge in [-0.05, 0) is 25.1 Å². The van der Waals surface area contributed by atoms with Crippen LogP contribution in [0.1, 0.15) is 18.7 Å². The Morgan fingerprint density at radius 2 is 2.15 bits per heavy atom. The number of benzene rings is 1. The molecule has 2 aromatic rings. The molecular formula is C11H11ClFN3O3S. The Hall–Kier alpha value is -1.51. The van der Waals surface area contributed by atoms with Crippen LogP contribution < -0.4 is 0 Å². The van der Waals surface area contributed by atoms with Crippen LogP contribution in [-0.2, 0) is 14.3 Å². The third kappa shape index (κ3) is 3.53. The lowest BCUT2D eigenvalue weighted by Gasteiger charge is -2.06. The smallest absolute Gasteiger partial charge is 0.261 e. The molecule has 0 aliphatic heterocycles. The van der Waals surface area contributed by atoms with Crippen LogP contribution in [-0.4, -0.2) is 29.7 Å². The van der Waals surface area contributed by atoms with E-state index in [-0.39, 0.29) is 11.4 Å². The summed E-state index contributed by atoms with van der Waals surface area (Å²) in [5.41, 5.74) is 0.373. The summed E-state index contributed by atoms with van der Waals surface area (Å²) in [4.78, 5) is 0. The summed E-state index contributed by atoms with van der Waals surface area (Å²) < 4.78 is 41.7.